The van der Waals surface area contributed by atoms with Crippen LogP contribution >= 0.6 is 11.3 Å². The van der Waals surface area contributed by atoms with Gasteiger partial charge in [-0.05, 0) is 42.3 Å². The van der Waals surface area contributed by atoms with Crippen molar-refractivity contribution in [1.82, 2.24) is 4.98 Å². The molecule has 0 N–H and O–H groups in total. The van der Waals surface area contributed by atoms with Crippen molar-refractivity contribution in [2.45, 2.75) is 13.3 Å². The monoisotopic (exact) mass is 243 g/mol. The van der Waals surface area contributed by atoms with Gasteiger partial charge in [0.05, 0.1) is 4.88 Å². The van der Waals surface area contributed by atoms with Crippen molar-refractivity contribution in [2.24, 2.45) is 0 Å². The third kappa shape index (κ3) is 3.11. The molecule has 0 saturated carbocycles. The molecule has 0 spiro atoms. The van der Waals surface area contributed by atoms with E-state index < -0.39 is 0 Å². The standard InChI is InChI=1S/C14H13NOS/c1-2-12-4-6-14(17-12)13(16)5-3-11-7-9-15-10-8-11/h3-10H,2H2,1H3/b5-3+. The molecule has 2 aromatic heterocycles. The lowest BCUT2D eigenvalue weighted by atomic mass is 10.2. The number of carbonyl (C=O) groups is 1. The molecule has 2 heterocycles. The second-order valence-electron chi connectivity index (χ2n) is 3.60. The zero-order chi connectivity index (χ0) is 12.1. The number of ketones is 1. The smallest absolute Gasteiger partial charge is 0.195 e. The fourth-order valence-electron chi connectivity index (χ4n) is 1.43. The molecule has 0 aliphatic heterocycles. The lowest BCUT2D eigenvalue weighted by Gasteiger charge is -1.91. The Bertz CT molecular complexity index is 528. The van der Waals surface area contributed by atoms with Gasteiger partial charge in [0, 0.05) is 17.3 Å². The summed E-state index contributed by atoms with van der Waals surface area (Å²) in [6, 6.07) is 7.65. The number of aryl methyl sites for hydroxylation is 1. The minimum Gasteiger partial charge on any atom is -0.288 e. The van der Waals surface area contributed by atoms with Crippen molar-refractivity contribution in [2.75, 3.05) is 0 Å². The van der Waals surface area contributed by atoms with Crippen LogP contribution in [0.4, 0.5) is 0 Å². The third-order valence-electron chi connectivity index (χ3n) is 2.39. The predicted molar refractivity (Wildman–Crippen MR) is 71.3 cm³/mol. The maximum Gasteiger partial charge on any atom is 0.195 e. The van der Waals surface area contributed by atoms with Gasteiger partial charge in [0.25, 0.3) is 0 Å². The molecule has 2 aromatic rings. The maximum absolute atomic E-state index is 11.9. The van der Waals surface area contributed by atoms with Crippen LogP contribution in [0, 0.1) is 0 Å². The van der Waals surface area contributed by atoms with Crippen LogP contribution in [-0.4, -0.2) is 10.8 Å². The number of nitrogens with zero attached hydrogens (tertiary/aromatic N) is 1. The first kappa shape index (κ1) is 11.7. The summed E-state index contributed by atoms with van der Waals surface area (Å²) in [6.45, 7) is 2.09. The summed E-state index contributed by atoms with van der Waals surface area (Å²) in [7, 11) is 0. The Morgan fingerprint density at radius 1 is 1.29 bits per heavy atom. The van der Waals surface area contributed by atoms with Crippen molar-refractivity contribution in [3.8, 4) is 0 Å². The summed E-state index contributed by atoms with van der Waals surface area (Å²) in [4.78, 5) is 17.8. The summed E-state index contributed by atoms with van der Waals surface area (Å²) in [5, 5.41) is 0. The molecule has 2 rings (SSSR count). The Labute approximate surface area is 105 Å². The highest BCUT2D eigenvalue weighted by atomic mass is 32.1. The van der Waals surface area contributed by atoms with Gasteiger partial charge in [-0.2, -0.15) is 0 Å². The van der Waals surface area contributed by atoms with Gasteiger partial charge in [0.2, 0.25) is 0 Å². The number of carbonyl (C=O) groups excluding carboxylic acids is 1. The molecule has 0 saturated heterocycles. The largest absolute Gasteiger partial charge is 0.288 e. The van der Waals surface area contributed by atoms with Crippen LogP contribution in [0.25, 0.3) is 6.08 Å². The number of rotatable bonds is 4. The number of thiophene rings is 1. The molecule has 2 nitrogen and oxygen atoms in total. The molecule has 17 heavy (non-hydrogen) atoms. The van der Waals surface area contributed by atoms with Gasteiger partial charge in [0.1, 0.15) is 0 Å². The molecular formula is C14H13NOS. The molecule has 0 fully saturated rings. The average molecular weight is 243 g/mol. The van der Waals surface area contributed by atoms with Gasteiger partial charge >= 0.3 is 0 Å². The highest BCUT2D eigenvalue weighted by molar-refractivity contribution is 7.14. The Morgan fingerprint density at radius 2 is 2.06 bits per heavy atom. The number of aromatic nitrogens is 1. The molecule has 0 aliphatic rings. The van der Waals surface area contributed by atoms with E-state index in [2.05, 4.69) is 11.9 Å². The maximum atomic E-state index is 11.9. The van der Waals surface area contributed by atoms with Gasteiger partial charge in [-0.3, -0.25) is 9.78 Å². The number of pyridine rings is 1. The number of allylic oxidation sites excluding steroid dienone is 1. The van der Waals surface area contributed by atoms with Gasteiger partial charge < -0.3 is 0 Å². The van der Waals surface area contributed by atoms with Crippen molar-refractivity contribution in [3.05, 3.63) is 58.1 Å². The Hall–Kier alpha value is -1.74. The molecule has 0 radical (unpaired) electrons. The SMILES string of the molecule is CCc1ccc(C(=O)/C=C/c2ccncc2)s1. The van der Waals surface area contributed by atoms with Crippen molar-refractivity contribution in [3.63, 3.8) is 0 Å². The topological polar surface area (TPSA) is 30.0 Å². The van der Waals surface area contributed by atoms with Crippen molar-refractivity contribution in [1.29, 1.82) is 0 Å². The lowest BCUT2D eigenvalue weighted by molar-refractivity contribution is 0.105. The summed E-state index contributed by atoms with van der Waals surface area (Å²) < 4.78 is 0. The minimum atomic E-state index is 0.0616. The number of hydrogen-bond donors (Lipinski definition) is 0. The molecule has 0 atom stereocenters. The highest BCUT2D eigenvalue weighted by Gasteiger charge is 2.04. The van der Waals surface area contributed by atoms with Crippen LogP contribution in [-0.2, 0) is 6.42 Å². The molecule has 3 heteroatoms. The molecule has 0 bridgehead atoms. The zero-order valence-electron chi connectivity index (χ0n) is 9.59. The quantitative estimate of drug-likeness (QED) is 0.606. The van der Waals surface area contributed by atoms with Crippen molar-refractivity contribution < 1.29 is 4.79 Å². The van der Waals surface area contributed by atoms with E-state index in [1.54, 1.807) is 29.8 Å². The fraction of sp³-hybridized carbons (Fsp3) is 0.143. The summed E-state index contributed by atoms with van der Waals surface area (Å²) in [5.41, 5.74) is 0.987. The second-order valence-corrected chi connectivity index (χ2v) is 4.77. The molecule has 0 unspecified atom stereocenters. The van der Waals surface area contributed by atoms with Gasteiger partial charge in [-0.25, -0.2) is 0 Å². The normalized spacial score (nSPS) is 10.9. The summed E-state index contributed by atoms with van der Waals surface area (Å²) >= 11 is 1.56. The van der Waals surface area contributed by atoms with Crippen LogP contribution in [0.15, 0.2) is 42.7 Å². The summed E-state index contributed by atoms with van der Waals surface area (Å²) in [5.74, 6) is 0.0616. The number of hydrogen-bond acceptors (Lipinski definition) is 3. The van der Waals surface area contributed by atoms with E-state index in [-0.39, 0.29) is 5.78 Å². The van der Waals surface area contributed by atoms with E-state index in [0.29, 0.717) is 0 Å². The molecule has 0 aliphatic carbocycles. The van der Waals surface area contributed by atoms with E-state index in [4.69, 9.17) is 0 Å². The molecule has 86 valence electrons. The van der Waals surface area contributed by atoms with E-state index in [1.807, 2.05) is 30.3 Å². The van der Waals surface area contributed by atoms with E-state index >= 15 is 0 Å². The van der Waals surface area contributed by atoms with E-state index in [9.17, 15) is 4.79 Å². The Kier molecular flexibility index (Phi) is 3.83. The lowest BCUT2D eigenvalue weighted by Crippen LogP contribution is -1.88. The average Bonchev–Trinajstić information content (AvgIpc) is 2.86. The van der Waals surface area contributed by atoms with Gasteiger partial charge in [-0.15, -0.1) is 11.3 Å². The van der Waals surface area contributed by atoms with Crippen LogP contribution in [0.2, 0.25) is 0 Å². The minimum absolute atomic E-state index is 0.0616. The Morgan fingerprint density at radius 3 is 2.71 bits per heavy atom. The first-order chi connectivity index (χ1) is 8.29. The zero-order valence-corrected chi connectivity index (χ0v) is 10.4. The van der Waals surface area contributed by atoms with Gasteiger partial charge in [0.15, 0.2) is 5.78 Å². The van der Waals surface area contributed by atoms with E-state index in [1.165, 1.54) is 4.88 Å². The van der Waals surface area contributed by atoms with Crippen LogP contribution in [0.1, 0.15) is 27.0 Å². The van der Waals surface area contributed by atoms with Crippen LogP contribution < -0.4 is 0 Å². The first-order valence-electron chi connectivity index (χ1n) is 5.50. The third-order valence-corrected chi connectivity index (χ3v) is 3.63. The fourth-order valence-corrected chi connectivity index (χ4v) is 2.30. The first-order valence-corrected chi connectivity index (χ1v) is 6.32. The molecular weight excluding hydrogens is 230 g/mol. The van der Waals surface area contributed by atoms with Crippen LogP contribution in [0.3, 0.4) is 0 Å². The van der Waals surface area contributed by atoms with Crippen LogP contribution in [0.5, 0.6) is 0 Å². The molecule has 0 aromatic carbocycles. The van der Waals surface area contributed by atoms with E-state index in [0.717, 1.165) is 16.9 Å². The van der Waals surface area contributed by atoms with Crippen molar-refractivity contribution >= 4 is 23.2 Å². The second kappa shape index (κ2) is 5.55. The Balaban J connectivity index is 2.09. The molecule has 0 amide bonds. The predicted octanol–water partition coefficient (Wildman–Crippen LogP) is 3.60. The van der Waals surface area contributed by atoms with Gasteiger partial charge in [-0.1, -0.05) is 13.0 Å². The highest BCUT2D eigenvalue weighted by Crippen LogP contribution is 2.18. The summed E-state index contributed by atoms with van der Waals surface area (Å²) in [6.07, 6.45) is 7.83.